The Bertz CT molecular complexity index is 651. The smallest absolute Gasteiger partial charge is 0.151 e. The molecule has 1 aliphatic heterocycles. The van der Waals surface area contributed by atoms with E-state index in [9.17, 15) is 5.11 Å². The van der Waals surface area contributed by atoms with Gasteiger partial charge in [-0.2, -0.15) is 0 Å². The van der Waals surface area contributed by atoms with Crippen molar-refractivity contribution in [2.45, 2.75) is 25.8 Å². The Hall–Kier alpha value is -2.14. The molecule has 0 spiro atoms. The molecule has 1 aromatic carbocycles. The number of aryl methyl sites for hydroxylation is 1. The second-order valence-electron chi connectivity index (χ2n) is 6.42. The minimum atomic E-state index is 0.245. The minimum Gasteiger partial charge on any atom is -0.507 e. The minimum absolute atomic E-state index is 0.245. The van der Waals surface area contributed by atoms with E-state index in [-0.39, 0.29) is 5.75 Å². The van der Waals surface area contributed by atoms with Crippen molar-refractivity contribution in [1.82, 2.24) is 15.1 Å². The highest BCUT2D eigenvalue weighted by atomic mass is 16.3. The number of benzene rings is 1. The van der Waals surface area contributed by atoms with E-state index in [1.54, 1.807) is 6.07 Å². The largest absolute Gasteiger partial charge is 0.507 e. The number of rotatable bonds is 3. The zero-order valence-corrected chi connectivity index (χ0v) is 14.0. The van der Waals surface area contributed by atoms with Crippen LogP contribution in [0.2, 0.25) is 0 Å². The number of nitrogens with zero attached hydrogens (tertiary/aromatic N) is 4. The summed E-state index contributed by atoms with van der Waals surface area (Å²) in [5, 5.41) is 18.8. The SMILES string of the molecule is Cc1cccc(O)c1-c1ccc(N(C)C2CCCN(C)C2)nn1. The molecule has 1 fully saturated rings. The van der Waals surface area contributed by atoms with Gasteiger partial charge in [-0.15, -0.1) is 10.2 Å². The summed E-state index contributed by atoms with van der Waals surface area (Å²) in [6, 6.07) is 9.89. The van der Waals surface area contributed by atoms with Gasteiger partial charge in [0.05, 0.1) is 5.69 Å². The van der Waals surface area contributed by atoms with Crippen LogP contribution in [0.3, 0.4) is 0 Å². The number of likely N-dealkylation sites (N-methyl/N-ethyl adjacent to an activating group) is 2. The van der Waals surface area contributed by atoms with Gasteiger partial charge in [0.2, 0.25) is 0 Å². The van der Waals surface area contributed by atoms with Crippen LogP contribution in [0.1, 0.15) is 18.4 Å². The van der Waals surface area contributed by atoms with Crippen LogP contribution in [0.25, 0.3) is 11.3 Å². The number of anilines is 1. The molecule has 3 rings (SSSR count). The molecule has 0 radical (unpaired) electrons. The molecule has 122 valence electrons. The Morgan fingerprint density at radius 2 is 2.04 bits per heavy atom. The Morgan fingerprint density at radius 1 is 1.22 bits per heavy atom. The molecule has 2 aromatic rings. The van der Waals surface area contributed by atoms with Gasteiger partial charge in [0.15, 0.2) is 5.82 Å². The van der Waals surface area contributed by atoms with E-state index < -0.39 is 0 Å². The summed E-state index contributed by atoms with van der Waals surface area (Å²) in [6.07, 6.45) is 2.40. The van der Waals surface area contributed by atoms with Crippen LogP contribution in [-0.4, -0.2) is 53.4 Å². The third kappa shape index (κ3) is 3.29. The maximum absolute atomic E-state index is 10.1. The Balaban J connectivity index is 1.82. The zero-order valence-electron chi connectivity index (χ0n) is 14.0. The Morgan fingerprint density at radius 3 is 2.70 bits per heavy atom. The lowest BCUT2D eigenvalue weighted by atomic mass is 10.0. The summed E-state index contributed by atoms with van der Waals surface area (Å²) in [4.78, 5) is 4.57. The molecule has 1 aromatic heterocycles. The molecule has 1 saturated heterocycles. The molecule has 5 heteroatoms. The van der Waals surface area contributed by atoms with Crippen LogP contribution >= 0.6 is 0 Å². The highest BCUT2D eigenvalue weighted by Gasteiger charge is 2.22. The summed E-state index contributed by atoms with van der Waals surface area (Å²) >= 11 is 0. The van der Waals surface area contributed by atoms with E-state index in [4.69, 9.17) is 0 Å². The van der Waals surface area contributed by atoms with Gasteiger partial charge in [0, 0.05) is 25.2 Å². The fraction of sp³-hybridized carbons (Fsp3) is 0.444. The van der Waals surface area contributed by atoms with Crippen LogP contribution < -0.4 is 4.90 Å². The zero-order chi connectivity index (χ0) is 16.4. The third-order valence-corrected chi connectivity index (χ3v) is 4.67. The van der Waals surface area contributed by atoms with Crippen molar-refractivity contribution in [2.24, 2.45) is 0 Å². The van der Waals surface area contributed by atoms with Crippen molar-refractivity contribution in [3.05, 3.63) is 35.9 Å². The van der Waals surface area contributed by atoms with Crippen molar-refractivity contribution in [3.8, 4) is 17.0 Å². The molecule has 0 aliphatic carbocycles. The fourth-order valence-electron chi connectivity index (χ4n) is 3.27. The Labute approximate surface area is 137 Å². The normalized spacial score (nSPS) is 18.8. The van der Waals surface area contributed by atoms with Crippen molar-refractivity contribution in [2.75, 3.05) is 32.1 Å². The van der Waals surface area contributed by atoms with E-state index >= 15 is 0 Å². The van der Waals surface area contributed by atoms with Gasteiger partial charge >= 0.3 is 0 Å². The highest BCUT2D eigenvalue weighted by molar-refractivity contribution is 5.70. The molecule has 1 N–H and O–H groups in total. The standard InChI is InChI=1S/C18H24N4O/c1-13-6-4-8-16(23)18(13)15-9-10-17(20-19-15)22(3)14-7-5-11-21(2)12-14/h4,6,8-10,14,23H,5,7,11-12H2,1-3H3. The predicted octanol–water partition coefficient (Wildman–Crippen LogP) is 2.69. The number of aromatic hydroxyl groups is 1. The lowest BCUT2D eigenvalue weighted by molar-refractivity contribution is 0.247. The van der Waals surface area contributed by atoms with Crippen molar-refractivity contribution >= 4 is 5.82 Å². The van der Waals surface area contributed by atoms with E-state index in [1.165, 1.54) is 19.4 Å². The van der Waals surface area contributed by atoms with E-state index in [0.29, 0.717) is 11.7 Å². The van der Waals surface area contributed by atoms with Gasteiger partial charge in [-0.1, -0.05) is 12.1 Å². The summed E-state index contributed by atoms with van der Waals surface area (Å²) < 4.78 is 0. The Kier molecular flexibility index (Phi) is 4.48. The van der Waals surface area contributed by atoms with Crippen molar-refractivity contribution < 1.29 is 5.11 Å². The van der Waals surface area contributed by atoms with Crippen molar-refractivity contribution in [3.63, 3.8) is 0 Å². The molecule has 1 atom stereocenters. The molecule has 5 nitrogen and oxygen atoms in total. The molecule has 0 amide bonds. The predicted molar refractivity (Wildman–Crippen MR) is 92.8 cm³/mol. The number of hydrogen-bond acceptors (Lipinski definition) is 5. The first-order valence-electron chi connectivity index (χ1n) is 8.10. The van der Waals surface area contributed by atoms with Crippen LogP contribution in [0, 0.1) is 6.92 Å². The molecule has 23 heavy (non-hydrogen) atoms. The summed E-state index contributed by atoms with van der Waals surface area (Å²) in [5.41, 5.74) is 2.46. The van der Waals surface area contributed by atoms with E-state index in [0.717, 1.165) is 23.5 Å². The van der Waals surface area contributed by atoms with Gasteiger partial charge in [0.1, 0.15) is 5.75 Å². The van der Waals surface area contributed by atoms with Gasteiger partial charge in [-0.25, -0.2) is 0 Å². The van der Waals surface area contributed by atoms with Gasteiger partial charge < -0.3 is 14.9 Å². The van der Waals surface area contributed by atoms with E-state index in [1.807, 2.05) is 31.2 Å². The van der Waals surface area contributed by atoms with Gasteiger partial charge in [-0.3, -0.25) is 0 Å². The van der Waals surface area contributed by atoms with Gasteiger partial charge in [-0.05, 0) is 57.1 Å². The van der Waals surface area contributed by atoms with E-state index in [2.05, 4.69) is 34.1 Å². The molecule has 0 saturated carbocycles. The molecular weight excluding hydrogens is 288 g/mol. The monoisotopic (exact) mass is 312 g/mol. The number of piperidine rings is 1. The number of phenols is 1. The average Bonchev–Trinajstić information content (AvgIpc) is 2.55. The first kappa shape index (κ1) is 15.7. The van der Waals surface area contributed by atoms with Gasteiger partial charge in [0.25, 0.3) is 0 Å². The first-order valence-corrected chi connectivity index (χ1v) is 8.10. The number of aromatic nitrogens is 2. The number of likely N-dealkylation sites (tertiary alicyclic amines) is 1. The lowest BCUT2D eigenvalue weighted by Gasteiger charge is -2.36. The second-order valence-corrected chi connectivity index (χ2v) is 6.42. The molecule has 2 heterocycles. The number of phenolic OH excluding ortho intramolecular Hbond substituents is 1. The third-order valence-electron chi connectivity index (χ3n) is 4.67. The summed E-state index contributed by atoms with van der Waals surface area (Å²) in [7, 11) is 4.24. The quantitative estimate of drug-likeness (QED) is 0.944. The molecule has 1 unspecified atom stereocenters. The fourth-order valence-corrected chi connectivity index (χ4v) is 3.27. The summed E-state index contributed by atoms with van der Waals surface area (Å²) in [6.45, 7) is 4.19. The topological polar surface area (TPSA) is 52.5 Å². The highest BCUT2D eigenvalue weighted by Crippen LogP contribution is 2.31. The lowest BCUT2D eigenvalue weighted by Crippen LogP contribution is -2.45. The maximum atomic E-state index is 10.1. The van der Waals surface area contributed by atoms with Crippen molar-refractivity contribution in [1.29, 1.82) is 0 Å². The average molecular weight is 312 g/mol. The van der Waals surface area contributed by atoms with Crippen LogP contribution in [0.5, 0.6) is 5.75 Å². The maximum Gasteiger partial charge on any atom is 0.151 e. The second kappa shape index (κ2) is 6.54. The van der Waals surface area contributed by atoms with Crippen LogP contribution in [-0.2, 0) is 0 Å². The van der Waals surface area contributed by atoms with Crippen LogP contribution in [0.15, 0.2) is 30.3 Å². The first-order chi connectivity index (χ1) is 11.1. The number of hydrogen-bond donors (Lipinski definition) is 1. The van der Waals surface area contributed by atoms with Crippen LogP contribution in [0.4, 0.5) is 5.82 Å². The molecular formula is C18H24N4O. The summed E-state index contributed by atoms with van der Waals surface area (Å²) in [5.74, 6) is 1.12. The molecule has 1 aliphatic rings. The molecule has 0 bridgehead atoms.